The fraction of sp³-hybridized carbons (Fsp3) is 0.300. The van der Waals surface area contributed by atoms with Crippen LogP contribution in [0.25, 0.3) is 0 Å². The van der Waals surface area contributed by atoms with Crippen molar-refractivity contribution in [3.05, 3.63) is 39.7 Å². The molecule has 0 aliphatic heterocycles. The van der Waals surface area contributed by atoms with Crippen LogP contribution in [0.2, 0.25) is 0 Å². The van der Waals surface area contributed by atoms with E-state index in [2.05, 4.69) is 4.98 Å². The molecule has 2 aromatic rings. The molecule has 2 rings (SSSR count). The van der Waals surface area contributed by atoms with Crippen molar-refractivity contribution in [2.24, 2.45) is 5.73 Å². The van der Waals surface area contributed by atoms with Gasteiger partial charge in [-0.1, -0.05) is 0 Å². The lowest BCUT2D eigenvalue weighted by molar-refractivity contribution is 0.562. The average Bonchev–Trinajstić information content (AvgIpc) is 2.73. The zero-order chi connectivity index (χ0) is 10.1. The molecule has 0 saturated heterocycles. The van der Waals surface area contributed by atoms with Crippen molar-refractivity contribution in [1.82, 2.24) is 4.98 Å². The minimum Gasteiger partial charge on any atom is -0.472 e. The largest absolute Gasteiger partial charge is 0.472 e. The fourth-order valence-electron chi connectivity index (χ4n) is 1.44. The summed E-state index contributed by atoms with van der Waals surface area (Å²) in [6.45, 7) is 3.97. The number of furan rings is 1. The van der Waals surface area contributed by atoms with Crippen LogP contribution >= 0.6 is 11.3 Å². The molecular weight excluding hydrogens is 196 g/mol. The molecule has 2 N–H and O–H groups in total. The lowest BCUT2D eigenvalue weighted by Crippen LogP contribution is -2.10. The highest BCUT2D eigenvalue weighted by Crippen LogP contribution is 2.27. The normalized spacial score (nSPS) is 13.1. The third-order valence-electron chi connectivity index (χ3n) is 2.12. The molecule has 0 bridgehead atoms. The lowest BCUT2D eigenvalue weighted by Gasteiger charge is -2.06. The van der Waals surface area contributed by atoms with Gasteiger partial charge in [0.1, 0.15) is 0 Å². The summed E-state index contributed by atoms with van der Waals surface area (Å²) in [5.41, 5.74) is 8.10. The van der Waals surface area contributed by atoms with Crippen molar-refractivity contribution < 1.29 is 4.42 Å². The van der Waals surface area contributed by atoms with Gasteiger partial charge in [-0.05, 0) is 19.9 Å². The first-order chi connectivity index (χ1) is 6.68. The van der Waals surface area contributed by atoms with Crippen molar-refractivity contribution in [3.8, 4) is 0 Å². The molecule has 0 aromatic carbocycles. The van der Waals surface area contributed by atoms with Crippen LogP contribution in [0.15, 0.2) is 23.0 Å². The zero-order valence-electron chi connectivity index (χ0n) is 8.15. The molecule has 0 saturated carbocycles. The number of aromatic nitrogens is 1. The highest BCUT2D eigenvalue weighted by atomic mass is 32.1. The number of nitrogens with zero attached hydrogens (tertiary/aromatic N) is 1. The van der Waals surface area contributed by atoms with Gasteiger partial charge in [-0.3, -0.25) is 0 Å². The molecular formula is C10H12N2OS. The first kappa shape index (κ1) is 9.43. The highest BCUT2D eigenvalue weighted by Gasteiger charge is 2.15. The highest BCUT2D eigenvalue weighted by molar-refractivity contribution is 7.11. The third kappa shape index (κ3) is 1.58. The van der Waals surface area contributed by atoms with E-state index in [4.69, 9.17) is 10.2 Å². The Morgan fingerprint density at radius 2 is 2.29 bits per heavy atom. The summed E-state index contributed by atoms with van der Waals surface area (Å²) in [5.74, 6) is 0. The summed E-state index contributed by atoms with van der Waals surface area (Å²) < 4.78 is 5.01. The molecule has 0 aliphatic rings. The van der Waals surface area contributed by atoms with Crippen LogP contribution in [0.3, 0.4) is 0 Å². The van der Waals surface area contributed by atoms with E-state index in [0.29, 0.717) is 0 Å². The molecule has 2 aromatic heterocycles. The second kappa shape index (κ2) is 3.55. The standard InChI is InChI=1S/C10H12N2OS/c1-6-10(14-7(2)12-6)9(11)8-3-4-13-5-8/h3-5,9H,11H2,1-2H3. The quantitative estimate of drug-likeness (QED) is 0.824. The van der Waals surface area contributed by atoms with Crippen LogP contribution < -0.4 is 5.73 Å². The smallest absolute Gasteiger partial charge is 0.0954 e. The number of hydrogen-bond donors (Lipinski definition) is 1. The summed E-state index contributed by atoms with van der Waals surface area (Å²) in [7, 11) is 0. The van der Waals surface area contributed by atoms with Crippen molar-refractivity contribution in [2.45, 2.75) is 19.9 Å². The first-order valence-electron chi connectivity index (χ1n) is 4.40. The molecule has 0 radical (unpaired) electrons. The van der Waals surface area contributed by atoms with Crippen LogP contribution in [-0.2, 0) is 0 Å². The van der Waals surface area contributed by atoms with E-state index < -0.39 is 0 Å². The zero-order valence-corrected chi connectivity index (χ0v) is 8.97. The Morgan fingerprint density at radius 3 is 2.79 bits per heavy atom. The summed E-state index contributed by atoms with van der Waals surface area (Å²) in [4.78, 5) is 5.46. The molecule has 3 nitrogen and oxygen atoms in total. The Labute approximate surface area is 86.6 Å². The third-order valence-corrected chi connectivity index (χ3v) is 3.28. The number of thiazole rings is 1. The summed E-state index contributed by atoms with van der Waals surface area (Å²) in [5, 5.41) is 1.05. The van der Waals surface area contributed by atoms with Gasteiger partial charge in [0.25, 0.3) is 0 Å². The Bertz CT molecular complexity index is 419. The minimum absolute atomic E-state index is 0.111. The van der Waals surface area contributed by atoms with Crippen molar-refractivity contribution in [3.63, 3.8) is 0 Å². The molecule has 0 amide bonds. The molecule has 2 heterocycles. The molecule has 74 valence electrons. The van der Waals surface area contributed by atoms with Gasteiger partial charge in [0.15, 0.2) is 0 Å². The molecule has 14 heavy (non-hydrogen) atoms. The maximum absolute atomic E-state index is 6.09. The van der Waals surface area contributed by atoms with E-state index in [1.807, 2.05) is 19.9 Å². The van der Waals surface area contributed by atoms with Crippen LogP contribution in [0.5, 0.6) is 0 Å². The second-order valence-corrected chi connectivity index (χ2v) is 4.45. The Kier molecular flexibility index (Phi) is 2.39. The molecule has 0 aliphatic carbocycles. The van der Waals surface area contributed by atoms with Crippen molar-refractivity contribution in [2.75, 3.05) is 0 Å². The Balaban J connectivity index is 2.36. The predicted molar refractivity (Wildman–Crippen MR) is 56.3 cm³/mol. The number of aryl methyl sites for hydroxylation is 2. The summed E-state index contributed by atoms with van der Waals surface area (Å²) in [6, 6.07) is 1.78. The SMILES string of the molecule is Cc1nc(C)c(C(N)c2ccoc2)s1. The van der Waals surface area contributed by atoms with E-state index >= 15 is 0 Å². The maximum atomic E-state index is 6.09. The van der Waals surface area contributed by atoms with E-state index in [0.717, 1.165) is 21.1 Å². The van der Waals surface area contributed by atoms with Gasteiger partial charge in [0.05, 0.1) is 29.3 Å². The molecule has 0 spiro atoms. The topological polar surface area (TPSA) is 52.0 Å². The van der Waals surface area contributed by atoms with E-state index in [1.54, 1.807) is 23.9 Å². The van der Waals surface area contributed by atoms with Gasteiger partial charge in [-0.2, -0.15) is 0 Å². The number of nitrogens with two attached hydrogens (primary N) is 1. The Hall–Kier alpha value is -1.13. The van der Waals surface area contributed by atoms with E-state index in [9.17, 15) is 0 Å². The van der Waals surface area contributed by atoms with Crippen molar-refractivity contribution >= 4 is 11.3 Å². The molecule has 4 heteroatoms. The lowest BCUT2D eigenvalue weighted by atomic mass is 10.1. The monoisotopic (exact) mass is 208 g/mol. The van der Waals surface area contributed by atoms with E-state index in [-0.39, 0.29) is 6.04 Å². The van der Waals surface area contributed by atoms with Gasteiger partial charge < -0.3 is 10.2 Å². The first-order valence-corrected chi connectivity index (χ1v) is 5.21. The second-order valence-electron chi connectivity index (χ2n) is 3.22. The van der Waals surface area contributed by atoms with E-state index in [1.165, 1.54) is 0 Å². The molecule has 0 fully saturated rings. The predicted octanol–water partition coefficient (Wildman–Crippen LogP) is 2.40. The average molecular weight is 208 g/mol. The van der Waals surface area contributed by atoms with Crippen LogP contribution in [0.4, 0.5) is 0 Å². The van der Waals surface area contributed by atoms with Gasteiger partial charge in [0.2, 0.25) is 0 Å². The summed E-state index contributed by atoms with van der Waals surface area (Å²) >= 11 is 1.64. The summed E-state index contributed by atoms with van der Waals surface area (Å²) in [6.07, 6.45) is 3.32. The van der Waals surface area contributed by atoms with Crippen LogP contribution in [0.1, 0.15) is 27.2 Å². The van der Waals surface area contributed by atoms with Gasteiger partial charge in [0, 0.05) is 10.4 Å². The van der Waals surface area contributed by atoms with Crippen LogP contribution in [0, 0.1) is 13.8 Å². The minimum atomic E-state index is -0.111. The molecule has 1 atom stereocenters. The fourth-order valence-corrected chi connectivity index (χ4v) is 2.40. The van der Waals surface area contributed by atoms with Gasteiger partial charge in [-0.15, -0.1) is 11.3 Å². The van der Waals surface area contributed by atoms with Crippen molar-refractivity contribution in [1.29, 1.82) is 0 Å². The van der Waals surface area contributed by atoms with Crippen LogP contribution in [-0.4, -0.2) is 4.98 Å². The van der Waals surface area contributed by atoms with Gasteiger partial charge >= 0.3 is 0 Å². The Morgan fingerprint density at radius 1 is 1.50 bits per heavy atom. The molecule has 1 unspecified atom stereocenters. The number of rotatable bonds is 2. The van der Waals surface area contributed by atoms with Gasteiger partial charge in [-0.25, -0.2) is 4.98 Å². The number of hydrogen-bond acceptors (Lipinski definition) is 4. The maximum Gasteiger partial charge on any atom is 0.0954 e.